The molecule has 1 radical (unpaired) electrons. The lowest BCUT2D eigenvalue weighted by atomic mass is 10.6. The molecule has 0 spiro atoms. The Morgan fingerprint density at radius 3 is 3.12 bits per heavy atom. The van der Waals surface area contributed by atoms with E-state index in [0.717, 1.165) is 6.54 Å². The fourth-order valence-electron chi connectivity index (χ4n) is 0.583. The summed E-state index contributed by atoms with van der Waals surface area (Å²) in [7, 11) is 0. The smallest absolute Gasteiger partial charge is 0.0398 e. The van der Waals surface area contributed by atoms with E-state index in [1.807, 2.05) is 29.1 Å². The van der Waals surface area contributed by atoms with Crippen LogP contribution in [-0.2, 0) is 6.54 Å². The van der Waals surface area contributed by atoms with Gasteiger partial charge in [0.1, 0.15) is 0 Å². The molecule has 1 heterocycles. The van der Waals surface area contributed by atoms with Crippen molar-refractivity contribution in [2.24, 2.45) is 0 Å². The number of hydrogen-bond acceptors (Lipinski definition) is 0. The second-order valence-electron chi connectivity index (χ2n) is 1.60. The van der Waals surface area contributed by atoms with Gasteiger partial charge in [0, 0.05) is 25.0 Å². The molecule has 1 nitrogen and oxygen atoms in total. The van der Waals surface area contributed by atoms with E-state index in [-0.39, 0.29) is 0 Å². The zero-order chi connectivity index (χ0) is 5.82. The zero-order valence-electron chi connectivity index (χ0n) is 4.67. The van der Waals surface area contributed by atoms with Crippen LogP contribution in [0, 0.1) is 6.07 Å². The number of rotatable bonds is 2. The van der Waals surface area contributed by atoms with Gasteiger partial charge < -0.3 is 4.57 Å². The molecule has 1 heteroatoms. The third-order valence-electron chi connectivity index (χ3n) is 0.943. The summed E-state index contributed by atoms with van der Waals surface area (Å²) in [5.41, 5.74) is 0. The Bertz CT molecular complexity index is 151. The van der Waals surface area contributed by atoms with Crippen molar-refractivity contribution < 1.29 is 0 Å². The van der Waals surface area contributed by atoms with Crippen molar-refractivity contribution in [3.05, 3.63) is 37.2 Å². The molecule has 0 aliphatic heterocycles. The third kappa shape index (κ3) is 0.997. The first-order valence-electron chi connectivity index (χ1n) is 2.56. The van der Waals surface area contributed by atoms with Crippen LogP contribution in [0.5, 0.6) is 0 Å². The fourth-order valence-corrected chi connectivity index (χ4v) is 0.583. The van der Waals surface area contributed by atoms with Crippen LogP contribution >= 0.6 is 0 Å². The maximum atomic E-state index is 3.60. The first-order chi connectivity index (χ1) is 3.93. The van der Waals surface area contributed by atoms with Gasteiger partial charge in [0.2, 0.25) is 0 Å². The molecule has 0 unspecified atom stereocenters. The summed E-state index contributed by atoms with van der Waals surface area (Å²) in [5, 5.41) is 0. The van der Waals surface area contributed by atoms with Crippen molar-refractivity contribution in [3.8, 4) is 0 Å². The maximum absolute atomic E-state index is 3.60. The van der Waals surface area contributed by atoms with Gasteiger partial charge >= 0.3 is 0 Å². The van der Waals surface area contributed by atoms with Crippen LogP contribution in [0.2, 0.25) is 0 Å². The summed E-state index contributed by atoms with van der Waals surface area (Å²) in [6.07, 6.45) is 5.71. The molecule has 0 amide bonds. The van der Waals surface area contributed by atoms with Crippen LogP contribution in [0.3, 0.4) is 0 Å². The highest BCUT2D eigenvalue weighted by atomic mass is 14.9. The molecule has 0 aromatic carbocycles. The highest BCUT2D eigenvalue weighted by molar-refractivity contribution is 4.89. The summed E-state index contributed by atoms with van der Waals surface area (Å²) in [5.74, 6) is 0. The summed E-state index contributed by atoms with van der Waals surface area (Å²) in [4.78, 5) is 0. The quantitative estimate of drug-likeness (QED) is 0.503. The average Bonchev–Trinajstić information content (AvgIpc) is 2.19. The predicted molar refractivity (Wildman–Crippen MR) is 33.5 cm³/mol. The fraction of sp³-hybridized carbons (Fsp3) is 0.143. The lowest BCUT2D eigenvalue weighted by molar-refractivity contribution is 0.831. The predicted octanol–water partition coefficient (Wildman–Crippen LogP) is 1.47. The van der Waals surface area contributed by atoms with Gasteiger partial charge in [-0.1, -0.05) is 6.08 Å². The van der Waals surface area contributed by atoms with Gasteiger partial charge in [-0.05, 0) is 6.07 Å². The van der Waals surface area contributed by atoms with E-state index < -0.39 is 0 Å². The molecule has 0 saturated carbocycles. The van der Waals surface area contributed by atoms with Crippen LogP contribution in [-0.4, -0.2) is 4.57 Å². The summed E-state index contributed by atoms with van der Waals surface area (Å²) < 4.78 is 2.01. The van der Waals surface area contributed by atoms with Gasteiger partial charge in [-0.2, -0.15) is 0 Å². The normalized spacial score (nSPS) is 9.00. The Morgan fingerprint density at radius 2 is 2.62 bits per heavy atom. The van der Waals surface area contributed by atoms with E-state index in [0.29, 0.717) is 0 Å². The van der Waals surface area contributed by atoms with Crippen molar-refractivity contribution in [2.45, 2.75) is 6.54 Å². The SMILES string of the molecule is C=CCn1c[c]cc1. The van der Waals surface area contributed by atoms with Crippen LogP contribution in [0.25, 0.3) is 0 Å². The molecule has 41 valence electrons. The number of allylic oxidation sites excluding steroid dienone is 1. The highest BCUT2D eigenvalue weighted by Gasteiger charge is 1.78. The molecule has 1 aromatic rings. The minimum absolute atomic E-state index is 0.878. The largest absolute Gasteiger partial charge is 0.350 e. The molecule has 0 N–H and O–H groups in total. The molecular weight excluding hydrogens is 98.1 g/mol. The molecule has 0 fully saturated rings. The summed E-state index contributed by atoms with van der Waals surface area (Å²) in [6.45, 7) is 4.48. The maximum Gasteiger partial charge on any atom is 0.0398 e. The Morgan fingerprint density at radius 1 is 1.75 bits per heavy atom. The molecule has 8 heavy (non-hydrogen) atoms. The van der Waals surface area contributed by atoms with Crippen molar-refractivity contribution in [1.82, 2.24) is 4.57 Å². The minimum atomic E-state index is 0.878. The van der Waals surface area contributed by atoms with Gasteiger partial charge in [-0.3, -0.25) is 0 Å². The lowest BCUT2D eigenvalue weighted by Crippen LogP contribution is -1.87. The van der Waals surface area contributed by atoms with Crippen molar-refractivity contribution in [3.63, 3.8) is 0 Å². The average molecular weight is 106 g/mol. The molecule has 1 rings (SSSR count). The number of hydrogen-bond donors (Lipinski definition) is 0. The Labute approximate surface area is 49.3 Å². The topological polar surface area (TPSA) is 4.93 Å². The first kappa shape index (κ1) is 5.16. The molecule has 0 bridgehead atoms. The minimum Gasteiger partial charge on any atom is -0.350 e. The van der Waals surface area contributed by atoms with E-state index >= 15 is 0 Å². The molecule has 1 aromatic heterocycles. The Balaban J connectivity index is 2.62. The van der Waals surface area contributed by atoms with Crippen LogP contribution < -0.4 is 0 Å². The van der Waals surface area contributed by atoms with Gasteiger partial charge in [-0.15, -0.1) is 6.58 Å². The Kier molecular flexibility index (Phi) is 1.52. The Hall–Kier alpha value is -0.980. The van der Waals surface area contributed by atoms with Crippen LogP contribution in [0.15, 0.2) is 31.1 Å². The van der Waals surface area contributed by atoms with Crippen LogP contribution in [0.4, 0.5) is 0 Å². The van der Waals surface area contributed by atoms with E-state index in [1.165, 1.54) is 0 Å². The molecule has 0 atom stereocenters. The first-order valence-corrected chi connectivity index (χ1v) is 2.56. The standard InChI is InChI=1S/C7H8N/c1-2-5-8-6-3-4-7-8/h2-3,6-7H,1,5H2. The van der Waals surface area contributed by atoms with Crippen molar-refractivity contribution in [2.75, 3.05) is 0 Å². The number of nitrogens with zero attached hydrogens (tertiary/aromatic N) is 1. The summed E-state index contributed by atoms with van der Waals surface area (Å²) >= 11 is 0. The zero-order valence-corrected chi connectivity index (χ0v) is 4.67. The second kappa shape index (κ2) is 2.36. The third-order valence-corrected chi connectivity index (χ3v) is 0.943. The van der Waals surface area contributed by atoms with Gasteiger partial charge in [-0.25, -0.2) is 0 Å². The van der Waals surface area contributed by atoms with Crippen molar-refractivity contribution >= 4 is 0 Å². The van der Waals surface area contributed by atoms with Crippen molar-refractivity contribution in [1.29, 1.82) is 0 Å². The molecule has 0 aliphatic carbocycles. The van der Waals surface area contributed by atoms with Gasteiger partial charge in [0.05, 0.1) is 0 Å². The summed E-state index contributed by atoms with van der Waals surface area (Å²) in [6, 6.07) is 4.81. The van der Waals surface area contributed by atoms with Gasteiger partial charge in [0.25, 0.3) is 0 Å². The van der Waals surface area contributed by atoms with Crippen LogP contribution in [0.1, 0.15) is 0 Å². The molecular formula is C7H8N. The van der Waals surface area contributed by atoms with E-state index in [4.69, 9.17) is 0 Å². The van der Waals surface area contributed by atoms with E-state index in [2.05, 4.69) is 12.6 Å². The molecule has 0 aliphatic rings. The van der Waals surface area contributed by atoms with E-state index in [9.17, 15) is 0 Å². The van der Waals surface area contributed by atoms with E-state index in [1.54, 1.807) is 0 Å². The monoisotopic (exact) mass is 106 g/mol. The number of aromatic nitrogens is 1. The highest BCUT2D eigenvalue weighted by Crippen LogP contribution is 1.87. The van der Waals surface area contributed by atoms with Gasteiger partial charge in [0.15, 0.2) is 0 Å². The lowest BCUT2D eigenvalue weighted by Gasteiger charge is -1.91. The second-order valence-corrected chi connectivity index (χ2v) is 1.60. The molecule has 0 saturated heterocycles.